The number of carbonyl (C=O) groups excluding carboxylic acids is 1. The number of methoxy groups -OCH3 is 1. The molecule has 20 heavy (non-hydrogen) atoms. The summed E-state index contributed by atoms with van der Waals surface area (Å²) in [6.07, 6.45) is -8.97. The molecule has 0 radical (unpaired) electrons. The van der Waals surface area contributed by atoms with Crippen molar-refractivity contribution in [3.05, 3.63) is 29.8 Å². The monoisotopic (exact) mass is 292 g/mol. The number of carboxylic acid groups (broad SMARTS) is 1. The predicted molar refractivity (Wildman–Crippen MR) is 60.5 cm³/mol. The Balaban J connectivity index is 2.81. The minimum atomic E-state index is -4.94. The highest BCUT2D eigenvalue weighted by atomic mass is 19.4. The van der Waals surface area contributed by atoms with Gasteiger partial charge in [-0.15, -0.1) is 0 Å². The molecule has 1 atom stereocenters. The van der Waals surface area contributed by atoms with Gasteiger partial charge in [-0.05, 0) is 24.3 Å². The molecule has 0 amide bonds. The van der Waals surface area contributed by atoms with Gasteiger partial charge in [0.25, 0.3) is 0 Å². The summed E-state index contributed by atoms with van der Waals surface area (Å²) in [6, 6.07) is 5.18. The number of benzene rings is 1. The summed E-state index contributed by atoms with van der Waals surface area (Å²) in [5.74, 6) is -2.55. The molecule has 1 N–H and O–H groups in total. The molecule has 0 aromatic heterocycles. The maximum atomic E-state index is 12.5. The Bertz CT molecular complexity index is 481. The van der Waals surface area contributed by atoms with Gasteiger partial charge in [0, 0.05) is 0 Å². The molecule has 0 saturated heterocycles. The zero-order valence-corrected chi connectivity index (χ0v) is 10.3. The number of hydrogen-bond acceptors (Lipinski definition) is 4. The largest absolute Gasteiger partial charge is 0.497 e. The number of hydrogen-bond donors (Lipinski definition) is 1. The molecule has 1 unspecified atom stereocenters. The minimum Gasteiger partial charge on any atom is -0.497 e. The number of aliphatic carboxylic acids is 1. The molecular formula is C12H11F3O5. The van der Waals surface area contributed by atoms with E-state index < -0.39 is 30.6 Å². The smallest absolute Gasteiger partial charge is 0.426 e. The lowest BCUT2D eigenvalue weighted by atomic mass is 10.2. The Morgan fingerprint density at radius 3 is 2.20 bits per heavy atom. The third-order valence-corrected chi connectivity index (χ3v) is 2.30. The molecule has 1 aromatic carbocycles. The van der Waals surface area contributed by atoms with Crippen LogP contribution in [0.4, 0.5) is 13.2 Å². The van der Waals surface area contributed by atoms with E-state index in [1.54, 1.807) is 0 Å². The maximum absolute atomic E-state index is 12.5. The van der Waals surface area contributed by atoms with Crippen LogP contribution in [0.2, 0.25) is 0 Å². The summed E-state index contributed by atoms with van der Waals surface area (Å²) >= 11 is 0. The van der Waals surface area contributed by atoms with Crippen LogP contribution in [0.3, 0.4) is 0 Å². The molecule has 0 aliphatic rings. The summed E-state index contributed by atoms with van der Waals surface area (Å²) in [5, 5.41) is 8.39. The number of halogens is 3. The number of alkyl halides is 3. The second-order valence-corrected chi connectivity index (χ2v) is 3.76. The maximum Gasteiger partial charge on any atom is 0.426 e. The van der Waals surface area contributed by atoms with Gasteiger partial charge < -0.3 is 14.6 Å². The summed E-state index contributed by atoms with van der Waals surface area (Å²) in [5.41, 5.74) is -0.134. The third kappa shape index (κ3) is 4.45. The summed E-state index contributed by atoms with van der Waals surface area (Å²) in [4.78, 5) is 21.9. The highest BCUT2D eigenvalue weighted by Crippen LogP contribution is 2.26. The minimum absolute atomic E-state index is 0.134. The highest BCUT2D eigenvalue weighted by Gasteiger charge is 2.44. The third-order valence-electron chi connectivity index (χ3n) is 2.30. The molecule has 0 bridgehead atoms. The van der Waals surface area contributed by atoms with Crippen molar-refractivity contribution in [1.82, 2.24) is 0 Å². The number of carboxylic acids is 1. The highest BCUT2D eigenvalue weighted by molar-refractivity contribution is 5.89. The van der Waals surface area contributed by atoms with Crippen LogP contribution in [0.25, 0.3) is 0 Å². The van der Waals surface area contributed by atoms with Crippen molar-refractivity contribution in [3.8, 4) is 5.75 Å². The number of carbonyl (C=O) groups is 2. The van der Waals surface area contributed by atoms with Gasteiger partial charge in [0.15, 0.2) is 0 Å². The molecule has 0 spiro atoms. The molecule has 0 fully saturated rings. The molecule has 110 valence electrons. The normalized spacial score (nSPS) is 12.6. The van der Waals surface area contributed by atoms with Gasteiger partial charge in [-0.3, -0.25) is 4.79 Å². The predicted octanol–water partition coefficient (Wildman–Crippen LogP) is 2.26. The average molecular weight is 292 g/mol. The van der Waals surface area contributed by atoms with Gasteiger partial charge in [-0.2, -0.15) is 13.2 Å². The lowest BCUT2D eigenvalue weighted by molar-refractivity contribution is -0.208. The molecule has 0 saturated carbocycles. The Morgan fingerprint density at radius 1 is 1.25 bits per heavy atom. The molecule has 1 rings (SSSR count). The average Bonchev–Trinajstić information content (AvgIpc) is 2.36. The first kappa shape index (κ1) is 15.8. The van der Waals surface area contributed by atoms with Crippen molar-refractivity contribution in [3.63, 3.8) is 0 Å². The van der Waals surface area contributed by atoms with Gasteiger partial charge in [-0.1, -0.05) is 0 Å². The van der Waals surface area contributed by atoms with Crippen molar-refractivity contribution >= 4 is 11.9 Å². The molecule has 0 aliphatic carbocycles. The standard InChI is InChI=1S/C12H11F3O5/c1-19-8-4-2-7(3-5-8)11(18)20-9(6-10(16)17)12(13,14)15/h2-5,9H,6H2,1H3,(H,16,17). The lowest BCUT2D eigenvalue weighted by Crippen LogP contribution is -2.35. The summed E-state index contributed by atoms with van der Waals surface area (Å²) in [6.45, 7) is 0. The molecule has 5 nitrogen and oxygen atoms in total. The summed E-state index contributed by atoms with van der Waals surface area (Å²) in [7, 11) is 1.39. The van der Waals surface area contributed by atoms with Crippen LogP contribution >= 0.6 is 0 Å². The van der Waals surface area contributed by atoms with E-state index in [4.69, 9.17) is 9.84 Å². The molecule has 0 heterocycles. The van der Waals surface area contributed by atoms with Crippen molar-refractivity contribution < 1.29 is 37.3 Å². The van der Waals surface area contributed by atoms with Gasteiger partial charge in [0.05, 0.1) is 19.1 Å². The number of rotatable bonds is 5. The van der Waals surface area contributed by atoms with E-state index in [9.17, 15) is 22.8 Å². The topological polar surface area (TPSA) is 72.8 Å². The van der Waals surface area contributed by atoms with Crippen LogP contribution in [-0.2, 0) is 9.53 Å². The molecule has 1 aromatic rings. The van der Waals surface area contributed by atoms with E-state index in [0.29, 0.717) is 5.75 Å². The van der Waals surface area contributed by atoms with Gasteiger partial charge in [-0.25, -0.2) is 4.79 Å². The quantitative estimate of drug-likeness (QED) is 0.843. The van der Waals surface area contributed by atoms with Crippen molar-refractivity contribution in [1.29, 1.82) is 0 Å². The zero-order chi connectivity index (χ0) is 15.3. The molecule has 0 aliphatic heterocycles. The number of esters is 1. The fourth-order valence-electron chi connectivity index (χ4n) is 1.31. The van der Waals surface area contributed by atoms with E-state index in [1.165, 1.54) is 31.4 Å². The first-order valence-electron chi connectivity index (χ1n) is 5.37. The second kappa shape index (κ2) is 6.27. The van der Waals surface area contributed by atoms with E-state index in [2.05, 4.69) is 4.74 Å². The van der Waals surface area contributed by atoms with Crippen LogP contribution < -0.4 is 4.74 Å². The molecular weight excluding hydrogens is 281 g/mol. The van der Waals surface area contributed by atoms with E-state index in [1.807, 2.05) is 0 Å². The van der Waals surface area contributed by atoms with Gasteiger partial charge in [0.2, 0.25) is 6.10 Å². The Morgan fingerprint density at radius 2 is 1.80 bits per heavy atom. The van der Waals surface area contributed by atoms with E-state index >= 15 is 0 Å². The van der Waals surface area contributed by atoms with Crippen molar-refractivity contribution in [2.45, 2.75) is 18.7 Å². The second-order valence-electron chi connectivity index (χ2n) is 3.76. The SMILES string of the molecule is COc1ccc(C(=O)OC(CC(=O)O)C(F)(F)F)cc1. The first-order valence-corrected chi connectivity index (χ1v) is 5.37. The first-order chi connectivity index (χ1) is 9.24. The van der Waals surface area contributed by atoms with E-state index in [0.717, 1.165) is 0 Å². The van der Waals surface area contributed by atoms with Crippen LogP contribution in [0.15, 0.2) is 24.3 Å². The Hall–Kier alpha value is -2.25. The van der Waals surface area contributed by atoms with Crippen LogP contribution in [0.1, 0.15) is 16.8 Å². The zero-order valence-electron chi connectivity index (χ0n) is 10.3. The van der Waals surface area contributed by atoms with Crippen molar-refractivity contribution in [2.24, 2.45) is 0 Å². The van der Waals surface area contributed by atoms with Crippen molar-refractivity contribution in [2.75, 3.05) is 7.11 Å². The van der Waals surface area contributed by atoms with Crippen LogP contribution in [0.5, 0.6) is 5.75 Å². The molecule has 8 heteroatoms. The van der Waals surface area contributed by atoms with Crippen LogP contribution in [0, 0.1) is 0 Å². The summed E-state index contributed by atoms with van der Waals surface area (Å²) < 4.78 is 46.6. The van der Waals surface area contributed by atoms with Gasteiger partial charge >= 0.3 is 18.1 Å². The Kier molecular flexibility index (Phi) is 4.95. The van der Waals surface area contributed by atoms with Gasteiger partial charge in [0.1, 0.15) is 5.75 Å². The fraction of sp³-hybridized carbons (Fsp3) is 0.333. The fourth-order valence-corrected chi connectivity index (χ4v) is 1.31. The number of ether oxygens (including phenoxy) is 2. The Labute approximate surface area is 111 Å². The lowest BCUT2D eigenvalue weighted by Gasteiger charge is -2.19. The van der Waals surface area contributed by atoms with Crippen LogP contribution in [-0.4, -0.2) is 36.4 Å². The van der Waals surface area contributed by atoms with E-state index in [-0.39, 0.29) is 5.56 Å².